The van der Waals surface area contributed by atoms with E-state index < -0.39 is 0 Å². The standard InChI is InChI=1S/C14H28N2S/c1-4-13-9-15-12(2)10-16(13)11-14(17-3)7-5-6-8-14/h12-13,15H,4-11H2,1-3H3. The highest BCUT2D eigenvalue weighted by Crippen LogP contribution is 2.41. The Bertz CT molecular complexity index is 238. The van der Waals surface area contributed by atoms with Gasteiger partial charge in [-0.15, -0.1) is 0 Å². The molecule has 0 bridgehead atoms. The third kappa shape index (κ3) is 3.18. The minimum atomic E-state index is 0.574. The lowest BCUT2D eigenvalue weighted by molar-refractivity contribution is 0.119. The lowest BCUT2D eigenvalue weighted by Crippen LogP contribution is -2.58. The fraction of sp³-hybridized carbons (Fsp3) is 1.00. The molecular formula is C14H28N2S. The molecule has 1 saturated carbocycles. The number of thioether (sulfide) groups is 1. The van der Waals surface area contributed by atoms with Crippen molar-refractivity contribution in [3.8, 4) is 0 Å². The van der Waals surface area contributed by atoms with E-state index in [0.717, 1.165) is 6.04 Å². The normalized spacial score (nSPS) is 34.1. The van der Waals surface area contributed by atoms with Crippen molar-refractivity contribution < 1.29 is 0 Å². The average Bonchev–Trinajstić information content (AvgIpc) is 2.79. The second kappa shape index (κ2) is 5.94. The maximum atomic E-state index is 3.62. The fourth-order valence-electron chi connectivity index (χ4n) is 3.44. The molecule has 1 aliphatic carbocycles. The Morgan fingerprint density at radius 2 is 2.06 bits per heavy atom. The van der Waals surface area contributed by atoms with Crippen molar-refractivity contribution in [1.29, 1.82) is 0 Å². The van der Waals surface area contributed by atoms with Gasteiger partial charge in [0.2, 0.25) is 0 Å². The van der Waals surface area contributed by atoms with Crippen LogP contribution in [0.3, 0.4) is 0 Å². The summed E-state index contributed by atoms with van der Waals surface area (Å²) in [5, 5.41) is 3.62. The molecule has 0 amide bonds. The number of piperazine rings is 1. The van der Waals surface area contributed by atoms with E-state index >= 15 is 0 Å². The molecule has 2 unspecified atom stereocenters. The van der Waals surface area contributed by atoms with Crippen molar-refractivity contribution in [2.24, 2.45) is 0 Å². The van der Waals surface area contributed by atoms with Crippen molar-refractivity contribution in [3.63, 3.8) is 0 Å². The van der Waals surface area contributed by atoms with E-state index in [-0.39, 0.29) is 0 Å². The molecule has 1 N–H and O–H groups in total. The van der Waals surface area contributed by atoms with Gasteiger partial charge in [-0.05, 0) is 32.4 Å². The highest BCUT2D eigenvalue weighted by Gasteiger charge is 2.37. The monoisotopic (exact) mass is 256 g/mol. The number of nitrogens with one attached hydrogen (secondary N) is 1. The first-order valence-corrected chi connectivity index (χ1v) is 8.44. The van der Waals surface area contributed by atoms with Gasteiger partial charge in [0.1, 0.15) is 0 Å². The summed E-state index contributed by atoms with van der Waals surface area (Å²) < 4.78 is 0.574. The van der Waals surface area contributed by atoms with Crippen LogP contribution in [0.5, 0.6) is 0 Å². The summed E-state index contributed by atoms with van der Waals surface area (Å²) >= 11 is 2.13. The lowest BCUT2D eigenvalue weighted by Gasteiger charge is -2.43. The van der Waals surface area contributed by atoms with E-state index in [2.05, 4.69) is 42.1 Å². The predicted molar refractivity (Wildman–Crippen MR) is 77.8 cm³/mol. The highest BCUT2D eigenvalue weighted by atomic mass is 32.2. The summed E-state index contributed by atoms with van der Waals surface area (Å²) in [6, 6.07) is 1.42. The van der Waals surface area contributed by atoms with E-state index in [0.29, 0.717) is 10.8 Å². The second-order valence-electron chi connectivity index (χ2n) is 5.90. The van der Waals surface area contributed by atoms with Gasteiger partial charge in [-0.2, -0.15) is 11.8 Å². The minimum Gasteiger partial charge on any atom is -0.311 e. The van der Waals surface area contributed by atoms with Crippen molar-refractivity contribution in [3.05, 3.63) is 0 Å². The Hall–Kier alpha value is 0.270. The molecule has 3 heteroatoms. The third-order valence-electron chi connectivity index (χ3n) is 4.64. The summed E-state index contributed by atoms with van der Waals surface area (Å²) in [5.41, 5.74) is 0. The average molecular weight is 256 g/mol. The third-order valence-corrected chi connectivity index (χ3v) is 6.04. The first-order chi connectivity index (χ1) is 8.19. The maximum absolute atomic E-state index is 3.62. The topological polar surface area (TPSA) is 15.3 Å². The van der Waals surface area contributed by atoms with Crippen molar-refractivity contribution in [1.82, 2.24) is 10.2 Å². The maximum Gasteiger partial charge on any atom is 0.0284 e. The summed E-state index contributed by atoms with van der Waals surface area (Å²) in [4.78, 5) is 2.77. The van der Waals surface area contributed by atoms with Crippen LogP contribution in [0.15, 0.2) is 0 Å². The summed E-state index contributed by atoms with van der Waals surface area (Å²) in [5.74, 6) is 0. The van der Waals surface area contributed by atoms with Crippen molar-refractivity contribution in [2.45, 2.75) is 62.8 Å². The molecule has 2 atom stereocenters. The molecule has 1 saturated heterocycles. The molecule has 100 valence electrons. The van der Waals surface area contributed by atoms with E-state index in [4.69, 9.17) is 0 Å². The molecule has 0 spiro atoms. The van der Waals surface area contributed by atoms with E-state index in [1.807, 2.05) is 0 Å². The van der Waals surface area contributed by atoms with Crippen LogP contribution < -0.4 is 5.32 Å². The van der Waals surface area contributed by atoms with E-state index in [1.54, 1.807) is 0 Å². The lowest BCUT2D eigenvalue weighted by atomic mass is 10.0. The molecule has 0 aromatic heterocycles. The van der Waals surface area contributed by atoms with Crippen LogP contribution in [0.1, 0.15) is 46.0 Å². The quantitative estimate of drug-likeness (QED) is 0.832. The zero-order valence-corrected chi connectivity index (χ0v) is 12.5. The van der Waals surface area contributed by atoms with Crippen molar-refractivity contribution in [2.75, 3.05) is 25.9 Å². The van der Waals surface area contributed by atoms with E-state index in [9.17, 15) is 0 Å². The first-order valence-electron chi connectivity index (χ1n) is 7.22. The Labute approximate surface area is 111 Å². The van der Waals surface area contributed by atoms with Gasteiger partial charge in [-0.3, -0.25) is 4.90 Å². The zero-order valence-electron chi connectivity index (χ0n) is 11.7. The molecule has 0 radical (unpaired) electrons. The number of hydrogen-bond donors (Lipinski definition) is 1. The minimum absolute atomic E-state index is 0.574. The van der Waals surface area contributed by atoms with Gasteiger partial charge in [0.25, 0.3) is 0 Å². The highest BCUT2D eigenvalue weighted by molar-refractivity contribution is 8.00. The van der Waals surface area contributed by atoms with Gasteiger partial charge in [-0.1, -0.05) is 19.8 Å². The van der Waals surface area contributed by atoms with Crippen molar-refractivity contribution >= 4 is 11.8 Å². The zero-order chi connectivity index (χ0) is 12.3. The van der Waals surface area contributed by atoms with Gasteiger partial charge in [0, 0.05) is 36.5 Å². The van der Waals surface area contributed by atoms with Crippen LogP contribution in [-0.2, 0) is 0 Å². The summed E-state index contributed by atoms with van der Waals surface area (Å²) in [6.45, 7) is 8.39. The molecule has 0 aromatic carbocycles. The molecule has 2 aliphatic rings. The fourth-order valence-corrected chi connectivity index (χ4v) is 4.44. The summed E-state index contributed by atoms with van der Waals surface area (Å²) in [6.07, 6.45) is 9.35. The first kappa shape index (κ1) is 13.7. The Morgan fingerprint density at radius 1 is 1.35 bits per heavy atom. The van der Waals surface area contributed by atoms with Crippen LogP contribution in [0.2, 0.25) is 0 Å². The molecule has 2 rings (SSSR count). The van der Waals surface area contributed by atoms with Gasteiger partial charge >= 0.3 is 0 Å². The largest absolute Gasteiger partial charge is 0.311 e. The number of nitrogens with zero attached hydrogens (tertiary/aromatic N) is 1. The van der Waals surface area contributed by atoms with E-state index in [1.165, 1.54) is 51.7 Å². The summed E-state index contributed by atoms with van der Waals surface area (Å²) in [7, 11) is 0. The van der Waals surface area contributed by atoms with Gasteiger partial charge in [0.15, 0.2) is 0 Å². The van der Waals surface area contributed by atoms with Crippen LogP contribution in [0, 0.1) is 0 Å². The molecule has 2 nitrogen and oxygen atoms in total. The second-order valence-corrected chi connectivity index (χ2v) is 7.17. The molecule has 1 heterocycles. The van der Waals surface area contributed by atoms with Crippen LogP contribution in [0.25, 0.3) is 0 Å². The number of hydrogen-bond acceptors (Lipinski definition) is 3. The van der Waals surface area contributed by atoms with Crippen LogP contribution >= 0.6 is 11.8 Å². The Kier molecular flexibility index (Phi) is 4.79. The van der Waals surface area contributed by atoms with Crippen LogP contribution in [0.4, 0.5) is 0 Å². The predicted octanol–water partition coefficient (Wildman–Crippen LogP) is 2.73. The smallest absolute Gasteiger partial charge is 0.0284 e. The molecule has 1 aliphatic heterocycles. The van der Waals surface area contributed by atoms with Gasteiger partial charge < -0.3 is 5.32 Å². The van der Waals surface area contributed by atoms with Gasteiger partial charge in [-0.25, -0.2) is 0 Å². The molecule has 17 heavy (non-hydrogen) atoms. The Morgan fingerprint density at radius 3 is 2.65 bits per heavy atom. The molecule has 2 fully saturated rings. The van der Waals surface area contributed by atoms with Crippen LogP contribution in [-0.4, -0.2) is 47.6 Å². The molecule has 0 aromatic rings. The Balaban J connectivity index is 1.98. The number of rotatable bonds is 4. The van der Waals surface area contributed by atoms with Gasteiger partial charge in [0.05, 0.1) is 0 Å². The molecular weight excluding hydrogens is 228 g/mol. The SMILES string of the molecule is CCC1CNC(C)CN1CC1(SC)CCCC1.